The van der Waals surface area contributed by atoms with Gasteiger partial charge in [0.05, 0.1) is 5.92 Å². The second-order valence-electron chi connectivity index (χ2n) is 5.17. The smallest absolute Gasteiger partial charge is 0.251 e. The first kappa shape index (κ1) is 14.5. The summed E-state index contributed by atoms with van der Waals surface area (Å²) in [5.74, 6) is 0.208. The molecule has 1 aromatic rings. The molecule has 108 valence electrons. The van der Waals surface area contributed by atoms with Crippen molar-refractivity contribution in [3.05, 3.63) is 29.8 Å². The summed E-state index contributed by atoms with van der Waals surface area (Å²) in [6.07, 6.45) is 0. The van der Waals surface area contributed by atoms with Crippen molar-refractivity contribution in [1.82, 2.24) is 10.6 Å². The number of amides is 2. The van der Waals surface area contributed by atoms with E-state index in [9.17, 15) is 9.59 Å². The van der Waals surface area contributed by atoms with Crippen LogP contribution in [0.15, 0.2) is 24.3 Å². The fourth-order valence-electron chi connectivity index (χ4n) is 2.40. The molecule has 0 saturated carbocycles. The Hall–Kier alpha value is -1.88. The fraction of sp³-hybridized carbons (Fsp3) is 0.467. The Morgan fingerprint density at radius 1 is 1.35 bits per heavy atom. The molecule has 2 rings (SSSR count). The molecule has 1 fully saturated rings. The molecular weight excluding hydrogens is 254 g/mol. The molecule has 0 aromatic heterocycles. The summed E-state index contributed by atoms with van der Waals surface area (Å²) in [6.45, 7) is 6.11. The largest absolute Gasteiger partial charge is 0.352 e. The highest BCUT2D eigenvalue weighted by atomic mass is 16.2. The van der Waals surface area contributed by atoms with Crippen molar-refractivity contribution < 1.29 is 9.59 Å². The molecule has 1 heterocycles. The minimum atomic E-state index is -0.125. The van der Waals surface area contributed by atoms with Crippen molar-refractivity contribution in [2.24, 2.45) is 11.8 Å². The van der Waals surface area contributed by atoms with Gasteiger partial charge in [0.1, 0.15) is 0 Å². The highest BCUT2D eigenvalue weighted by Crippen LogP contribution is 2.19. The van der Waals surface area contributed by atoms with Gasteiger partial charge in [-0.2, -0.15) is 0 Å². The van der Waals surface area contributed by atoms with E-state index in [0.717, 1.165) is 6.54 Å². The zero-order chi connectivity index (χ0) is 14.5. The average molecular weight is 275 g/mol. The topological polar surface area (TPSA) is 70.2 Å². The third-order valence-electron chi connectivity index (χ3n) is 3.58. The number of hydrogen-bond donors (Lipinski definition) is 3. The minimum Gasteiger partial charge on any atom is -0.352 e. The van der Waals surface area contributed by atoms with Gasteiger partial charge >= 0.3 is 0 Å². The van der Waals surface area contributed by atoms with Crippen LogP contribution in [0.3, 0.4) is 0 Å². The predicted molar refractivity (Wildman–Crippen MR) is 78.6 cm³/mol. The van der Waals surface area contributed by atoms with Crippen LogP contribution >= 0.6 is 0 Å². The lowest BCUT2D eigenvalue weighted by Gasteiger charge is -2.14. The van der Waals surface area contributed by atoms with E-state index in [2.05, 4.69) is 22.9 Å². The average Bonchev–Trinajstić information content (AvgIpc) is 2.85. The van der Waals surface area contributed by atoms with Crippen LogP contribution in [-0.2, 0) is 4.79 Å². The summed E-state index contributed by atoms with van der Waals surface area (Å²) in [6, 6.07) is 7.01. The Morgan fingerprint density at radius 3 is 2.80 bits per heavy atom. The standard InChI is InChI=1S/C15H21N3O2/c1-3-17-14(19)11-5-4-6-12(7-11)18-15(20)13-9-16-8-10(13)2/h4-7,10,13,16H,3,8-9H2,1-2H3,(H,17,19)(H,18,20)/t10-,13-/m1/s1. The van der Waals surface area contributed by atoms with E-state index < -0.39 is 0 Å². The van der Waals surface area contributed by atoms with Gasteiger partial charge in [0.15, 0.2) is 0 Å². The van der Waals surface area contributed by atoms with Gasteiger partial charge in [0.25, 0.3) is 5.91 Å². The molecule has 5 heteroatoms. The van der Waals surface area contributed by atoms with Crippen molar-refractivity contribution in [3.8, 4) is 0 Å². The molecular formula is C15H21N3O2. The molecule has 0 unspecified atom stereocenters. The monoisotopic (exact) mass is 275 g/mol. The number of anilines is 1. The molecule has 20 heavy (non-hydrogen) atoms. The van der Waals surface area contributed by atoms with Crippen LogP contribution in [0, 0.1) is 11.8 Å². The Kier molecular flexibility index (Phi) is 4.74. The van der Waals surface area contributed by atoms with E-state index in [1.54, 1.807) is 24.3 Å². The normalized spacial score (nSPS) is 21.5. The third-order valence-corrected chi connectivity index (χ3v) is 3.58. The van der Waals surface area contributed by atoms with E-state index in [4.69, 9.17) is 0 Å². The Balaban J connectivity index is 2.04. The highest BCUT2D eigenvalue weighted by molar-refractivity contribution is 5.97. The van der Waals surface area contributed by atoms with Crippen molar-refractivity contribution in [3.63, 3.8) is 0 Å². The van der Waals surface area contributed by atoms with E-state index >= 15 is 0 Å². The van der Waals surface area contributed by atoms with Gasteiger partial charge in [0, 0.05) is 24.3 Å². The lowest BCUT2D eigenvalue weighted by atomic mass is 9.97. The lowest BCUT2D eigenvalue weighted by molar-refractivity contribution is -0.120. The van der Waals surface area contributed by atoms with Crippen LogP contribution in [0.5, 0.6) is 0 Å². The second-order valence-corrected chi connectivity index (χ2v) is 5.17. The summed E-state index contributed by atoms with van der Waals surface area (Å²) in [7, 11) is 0. The summed E-state index contributed by atoms with van der Waals surface area (Å²) >= 11 is 0. The first-order valence-corrected chi connectivity index (χ1v) is 7.01. The van der Waals surface area contributed by atoms with Gasteiger partial charge in [-0.1, -0.05) is 13.0 Å². The number of carbonyl (C=O) groups is 2. The fourth-order valence-corrected chi connectivity index (χ4v) is 2.40. The van der Waals surface area contributed by atoms with Gasteiger partial charge in [-0.3, -0.25) is 9.59 Å². The van der Waals surface area contributed by atoms with Gasteiger partial charge in [0.2, 0.25) is 5.91 Å². The van der Waals surface area contributed by atoms with Crippen LogP contribution in [0.4, 0.5) is 5.69 Å². The van der Waals surface area contributed by atoms with Crippen molar-refractivity contribution in [2.75, 3.05) is 25.0 Å². The van der Waals surface area contributed by atoms with Gasteiger partial charge < -0.3 is 16.0 Å². The third kappa shape index (κ3) is 3.36. The number of rotatable bonds is 4. The molecule has 0 radical (unpaired) electrons. The Labute approximate surface area is 119 Å². The number of hydrogen-bond acceptors (Lipinski definition) is 3. The van der Waals surface area contributed by atoms with Gasteiger partial charge in [-0.05, 0) is 37.6 Å². The number of carbonyl (C=O) groups excluding carboxylic acids is 2. The first-order chi connectivity index (χ1) is 9.61. The van der Waals surface area contributed by atoms with Crippen LogP contribution in [0.1, 0.15) is 24.2 Å². The summed E-state index contributed by atoms with van der Waals surface area (Å²) in [5, 5.41) is 8.85. The quantitative estimate of drug-likeness (QED) is 0.774. The molecule has 1 aliphatic heterocycles. The molecule has 5 nitrogen and oxygen atoms in total. The summed E-state index contributed by atoms with van der Waals surface area (Å²) in [5.41, 5.74) is 1.22. The molecule has 0 aliphatic carbocycles. The predicted octanol–water partition coefficient (Wildman–Crippen LogP) is 1.23. The molecule has 1 saturated heterocycles. The van der Waals surface area contributed by atoms with E-state index in [-0.39, 0.29) is 17.7 Å². The molecule has 2 atom stereocenters. The van der Waals surface area contributed by atoms with Crippen molar-refractivity contribution in [2.45, 2.75) is 13.8 Å². The van der Waals surface area contributed by atoms with Crippen LogP contribution < -0.4 is 16.0 Å². The highest BCUT2D eigenvalue weighted by Gasteiger charge is 2.29. The second kappa shape index (κ2) is 6.52. The number of nitrogens with one attached hydrogen (secondary N) is 3. The molecule has 1 aliphatic rings. The Bertz CT molecular complexity index is 502. The van der Waals surface area contributed by atoms with Gasteiger partial charge in [-0.15, -0.1) is 0 Å². The molecule has 2 amide bonds. The van der Waals surface area contributed by atoms with Gasteiger partial charge in [-0.25, -0.2) is 0 Å². The summed E-state index contributed by atoms with van der Waals surface area (Å²) in [4.78, 5) is 23.9. The molecule has 1 aromatic carbocycles. The van der Waals surface area contributed by atoms with Crippen molar-refractivity contribution >= 4 is 17.5 Å². The van der Waals surface area contributed by atoms with E-state index in [0.29, 0.717) is 30.3 Å². The van der Waals surface area contributed by atoms with Crippen LogP contribution in [0.2, 0.25) is 0 Å². The van der Waals surface area contributed by atoms with Crippen LogP contribution in [-0.4, -0.2) is 31.4 Å². The molecule has 3 N–H and O–H groups in total. The Morgan fingerprint density at radius 2 is 2.15 bits per heavy atom. The minimum absolute atomic E-state index is 0.00977. The summed E-state index contributed by atoms with van der Waals surface area (Å²) < 4.78 is 0. The maximum absolute atomic E-state index is 12.2. The SMILES string of the molecule is CCNC(=O)c1cccc(NC(=O)[C@@H]2CNC[C@H]2C)c1. The van der Waals surface area contributed by atoms with E-state index in [1.807, 2.05) is 6.92 Å². The maximum Gasteiger partial charge on any atom is 0.251 e. The van der Waals surface area contributed by atoms with Crippen LogP contribution in [0.25, 0.3) is 0 Å². The number of benzene rings is 1. The lowest BCUT2D eigenvalue weighted by Crippen LogP contribution is -2.28. The zero-order valence-electron chi connectivity index (χ0n) is 11.9. The van der Waals surface area contributed by atoms with E-state index in [1.165, 1.54) is 0 Å². The first-order valence-electron chi connectivity index (χ1n) is 7.01. The zero-order valence-corrected chi connectivity index (χ0v) is 11.9. The van der Waals surface area contributed by atoms with Crippen molar-refractivity contribution in [1.29, 1.82) is 0 Å². The molecule has 0 spiro atoms. The maximum atomic E-state index is 12.2. The molecule has 0 bridgehead atoms.